The molecule has 3 rings (SSSR count). The highest BCUT2D eigenvalue weighted by molar-refractivity contribution is 5.87. The van der Waals surface area contributed by atoms with Gasteiger partial charge in [0.15, 0.2) is 23.0 Å². The van der Waals surface area contributed by atoms with E-state index in [4.69, 9.17) is 9.47 Å². The Labute approximate surface area is 174 Å². The number of aromatic hydroxyl groups is 4. The molecule has 6 nitrogen and oxygen atoms in total. The molecule has 3 aromatic rings. The predicted molar refractivity (Wildman–Crippen MR) is 115 cm³/mol. The third-order valence-corrected chi connectivity index (χ3v) is 4.59. The molecule has 0 bridgehead atoms. The fraction of sp³-hybridized carbons (Fsp3) is 0.167. The van der Waals surface area contributed by atoms with Crippen LogP contribution in [0.1, 0.15) is 13.8 Å². The number of allylic oxidation sites excluding steroid dienone is 1. The molecule has 0 heterocycles. The van der Waals surface area contributed by atoms with E-state index in [1.54, 1.807) is 24.3 Å². The van der Waals surface area contributed by atoms with Gasteiger partial charge in [0.1, 0.15) is 18.1 Å². The van der Waals surface area contributed by atoms with Crippen molar-refractivity contribution in [2.24, 2.45) is 0 Å². The Morgan fingerprint density at radius 1 is 0.867 bits per heavy atom. The van der Waals surface area contributed by atoms with Crippen LogP contribution in [0, 0.1) is 0 Å². The molecule has 0 aliphatic heterocycles. The first-order valence-electron chi connectivity index (χ1n) is 9.33. The maximum absolute atomic E-state index is 10.8. The lowest BCUT2D eigenvalue weighted by molar-refractivity contribution is 0.335. The molecular weight excluding hydrogens is 384 g/mol. The van der Waals surface area contributed by atoms with Crippen LogP contribution in [0.4, 0.5) is 0 Å². The number of hydrogen-bond donors (Lipinski definition) is 4. The number of phenolic OH excluding ortho intramolecular Hbond substituents is 4. The lowest BCUT2D eigenvalue weighted by atomic mass is 9.96. The van der Waals surface area contributed by atoms with E-state index in [1.165, 1.54) is 31.4 Å². The summed E-state index contributed by atoms with van der Waals surface area (Å²) in [5.41, 5.74) is 2.73. The summed E-state index contributed by atoms with van der Waals surface area (Å²) < 4.78 is 10.9. The number of methoxy groups -OCH3 is 1. The quantitative estimate of drug-likeness (QED) is 0.419. The SMILES string of the molecule is COc1c(-c2ccc(O)cc2)cc(O)c(-c2ccc(OCC=C(C)C)c(O)c2)c1O. The highest BCUT2D eigenvalue weighted by Gasteiger charge is 2.21. The lowest BCUT2D eigenvalue weighted by Gasteiger charge is -2.17. The molecule has 156 valence electrons. The van der Waals surface area contributed by atoms with Gasteiger partial charge in [0.25, 0.3) is 0 Å². The van der Waals surface area contributed by atoms with Crippen LogP contribution in [0.2, 0.25) is 0 Å². The zero-order chi connectivity index (χ0) is 21.8. The van der Waals surface area contributed by atoms with Gasteiger partial charge in [-0.15, -0.1) is 0 Å². The molecule has 0 aliphatic carbocycles. The molecule has 0 aromatic heterocycles. The summed E-state index contributed by atoms with van der Waals surface area (Å²) in [6.07, 6.45) is 1.89. The normalized spacial score (nSPS) is 10.5. The summed E-state index contributed by atoms with van der Waals surface area (Å²) in [5.74, 6) is -0.00729. The van der Waals surface area contributed by atoms with Gasteiger partial charge in [0.05, 0.1) is 12.7 Å². The van der Waals surface area contributed by atoms with Crippen LogP contribution in [0.3, 0.4) is 0 Å². The van der Waals surface area contributed by atoms with Crippen LogP contribution < -0.4 is 9.47 Å². The van der Waals surface area contributed by atoms with Crippen LogP contribution in [0.15, 0.2) is 60.2 Å². The van der Waals surface area contributed by atoms with E-state index in [2.05, 4.69) is 0 Å². The minimum absolute atomic E-state index is 0.102. The third-order valence-electron chi connectivity index (χ3n) is 4.59. The minimum atomic E-state index is -0.266. The molecule has 0 amide bonds. The molecule has 0 aliphatic rings. The van der Waals surface area contributed by atoms with Crippen molar-refractivity contribution in [2.75, 3.05) is 13.7 Å². The van der Waals surface area contributed by atoms with Crippen molar-refractivity contribution in [1.82, 2.24) is 0 Å². The largest absolute Gasteiger partial charge is 0.508 e. The van der Waals surface area contributed by atoms with Crippen molar-refractivity contribution in [3.8, 4) is 56.8 Å². The first-order valence-corrected chi connectivity index (χ1v) is 9.33. The third kappa shape index (κ3) is 4.27. The molecule has 0 atom stereocenters. The van der Waals surface area contributed by atoms with E-state index in [9.17, 15) is 20.4 Å². The Hall–Kier alpha value is -3.80. The van der Waals surface area contributed by atoms with E-state index < -0.39 is 0 Å². The standard InChI is InChI=1S/C24H24O6/c1-14(2)10-11-30-21-9-6-16(12-19(21)26)22-20(27)13-18(24(29-3)23(22)28)15-4-7-17(25)8-5-15/h4-10,12-13,25-28H,11H2,1-3H3. The van der Waals surface area contributed by atoms with Gasteiger partial charge in [0.2, 0.25) is 0 Å². The van der Waals surface area contributed by atoms with Crippen molar-refractivity contribution in [3.05, 3.63) is 60.2 Å². The summed E-state index contributed by atoms with van der Waals surface area (Å²) >= 11 is 0. The van der Waals surface area contributed by atoms with E-state index in [-0.39, 0.29) is 34.3 Å². The molecule has 0 unspecified atom stereocenters. The smallest absolute Gasteiger partial charge is 0.170 e. The lowest BCUT2D eigenvalue weighted by Crippen LogP contribution is -1.95. The van der Waals surface area contributed by atoms with Crippen LogP contribution in [0.25, 0.3) is 22.3 Å². The molecule has 0 saturated heterocycles. The zero-order valence-corrected chi connectivity index (χ0v) is 17.0. The maximum atomic E-state index is 10.8. The minimum Gasteiger partial charge on any atom is -0.508 e. The van der Waals surface area contributed by atoms with Gasteiger partial charge in [-0.25, -0.2) is 0 Å². The van der Waals surface area contributed by atoms with E-state index in [0.29, 0.717) is 29.0 Å². The molecule has 30 heavy (non-hydrogen) atoms. The Morgan fingerprint density at radius 3 is 2.13 bits per heavy atom. The average Bonchev–Trinajstić information content (AvgIpc) is 2.69. The first-order chi connectivity index (χ1) is 14.3. The number of rotatable bonds is 6. The fourth-order valence-corrected chi connectivity index (χ4v) is 3.08. The summed E-state index contributed by atoms with van der Waals surface area (Å²) in [5, 5.41) is 41.3. The molecule has 4 N–H and O–H groups in total. The Kier molecular flexibility index (Phi) is 6.06. The number of phenols is 4. The summed E-state index contributed by atoms with van der Waals surface area (Å²) in [6.45, 7) is 4.22. The number of benzene rings is 3. The van der Waals surface area contributed by atoms with E-state index >= 15 is 0 Å². The summed E-state index contributed by atoms with van der Waals surface area (Å²) in [4.78, 5) is 0. The van der Waals surface area contributed by atoms with Crippen LogP contribution >= 0.6 is 0 Å². The van der Waals surface area contributed by atoms with E-state index in [0.717, 1.165) is 5.57 Å². The van der Waals surface area contributed by atoms with E-state index in [1.807, 2.05) is 19.9 Å². The van der Waals surface area contributed by atoms with Crippen molar-refractivity contribution in [1.29, 1.82) is 0 Å². The number of ether oxygens (including phenoxy) is 2. The molecule has 0 spiro atoms. The van der Waals surface area contributed by atoms with Crippen molar-refractivity contribution >= 4 is 0 Å². The topological polar surface area (TPSA) is 99.4 Å². The highest BCUT2D eigenvalue weighted by atomic mass is 16.5. The number of hydrogen-bond acceptors (Lipinski definition) is 6. The first kappa shape index (κ1) is 20.9. The second-order valence-corrected chi connectivity index (χ2v) is 7.02. The predicted octanol–water partition coefficient (Wildman–Crippen LogP) is 5.20. The van der Waals surface area contributed by atoms with Gasteiger partial charge in [-0.3, -0.25) is 0 Å². The molecule has 0 saturated carbocycles. The monoisotopic (exact) mass is 408 g/mol. The Balaban J connectivity index is 2.03. The van der Waals surface area contributed by atoms with Gasteiger partial charge in [-0.1, -0.05) is 23.8 Å². The summed E-state index contributed by atoms with van der Waals surface area (Å²) in [6, 6.07) is 12.4. The van der Waals surface area contributed by atoms with Gasteiger partial charge in [-0.05, 0) is 61.4 Å². The maximum Gasteiger partial charge on any atom is 0.170 e. The van der Waals surface area contributed by atoms with Gasteiger partial charge in [-0.2, -0.15) is 0 Å². The van der Waals surface area contributed by atoms with Crippen LogP contribution in [0.5, 0.6) is 34.5 Å². The fourth-order valence-electron chi connectivity index (χ4n) is 3.08. The molecular formula is C24H24O6. The highest BCUT2D eigenvalue weighted by Crippen LogP contribution is 2.50. The molecule has 3 aromatic carbocycles. The van der Waals surface area contributed by atoms with Gasteiger partial charge in [0, 0.05) is 5.56 Å². The molecule has 6 heteroatoms. The van der Waals surface area contributed by atoms with Crippen LogP contribution in [-0.2, 0) is 0 Å². The van der Waals surface area contributed by atoms with Crippen molar-refractivity contribution < 1.29 is 29.9 Å². The van der Waals surface area contributed by atoms with Crippen LogP contribution in [-0.4, -0.2) is 34.1 Å². The second-order valence-electron chi connectivity index (χ2n) is 7.02. The van der Waals surface area contributed by atoms with Gasteiger partial charge < -0.3 is 29.9 Å². The van der Waals surface area contributed by atoms with Gasteiger partial charge >= 0.3 is 0 Å². The second kappa shape index (κ2) is 8.69. The Bertz CT molecular complexity index is 1080. The average molecular weight is 408 g/mol. The Morgan fingerprint density at radius 2 is 1.53 bits per heavy atom. The molecule has 0 radical (unpaired) electrons. The van der Waals surface area contributed by atoms with Crippen molar-refractivity contribution in [2.45, 2.75) is 13.8 Å². The zero-order valence-electron chi connectivity index (χ0n) is 17.0. The molecule has 0 fully saturated rings. The summed E-state index contributed by atoms with van der Waals surface area (Å²) in [7, 11) is 1.41. The van der Waals surface area contributed by atoms with Crippen molar-refractivity contribution in [3.63, 3.8) is 0 Å².